The number of benzene rings is 1. The van der Waals surface area contributed by atoms with Gasteiger partial charge in [-0.05, 0) is 35.7 Å². The van der Waals surface area contributed by atoms with Crippen LogP contribution in [0.3, 0.4) is 0 Å². The van der Waals surface area contributed by atoms with Crippen molar-refractivity contribution in [1.82, 2.24) is 19.9 Å². The number of hydrogen-bond donors (Lipinski definition) is 3. The van der Waals surface area contributed by atoms with Crippen LogP contribution >= 0.6 is 0 Å². The van der Waals surface area contributed by atoms with Crippen molar-refractivity contribution in [2.45, 2.75) is 13.5 Å². The Morgan fingerprint density at radius 2 is 2.23 bits per heavy atom. The summed E-state index contributed by atoms with van der Waals surface area (Å²) in [6.45, 7) is 2.22. The maximum absolute atomic E-state index is 10.6. The van der Waals surface area contributed by atoms with Gasteiger partial charge in [-0.1, -0.05) is 18.2 Å². The summed E-state index contributed by atoms with van der Waals surface area (Å²) in [6, 6.07) is 9.63. The molecule has 0 aliphatic heterocycles. The van der Waals surface area contributed by atoms with Gasteiger partial charge >= 0.3 is 6.09 Å². The van der Waals surface area contributed by atoms with Gasteiger partial charge in [-0.15, -0.1) is 5.10 Å². The van der Waals surface area contributed by atoms with Crippen LogP contribution in [0.15, 0.2) is 36.5 Å². The predicted molar refractivity (Wildman–Crippen MR) is 82.4 cm³/mol. The first kappa shape index (κ1) is 13.9. The first-order valence-electron chi connectivity index (χ1n) is 6.71. The van der Waals surface area contributed by atoms with Crippen LogP contribution < -0.4 is 11.1 Å². The van der Waals surface area contributed by atoms with Crippen molar-refractivity contribution >= 4 is 17.7 Å². The Bertz CT molecular complexity index is 856. The van der Waals surface area contributed by atoms with E-state index < -0.39 is 6.09 Å². The number of carboxylic acid groups (broad SMARTS) is 1. The number of aryl methyl sites for hydroxylation is 1. The van der Waals surface area contributed by atoms with Crippen LogP contribution in [-0.2, 0) is 6.54 Å². The third kappa shape index (κ3) is 2.69. The third-order valence-electron chi connectivity index (χ3n) is 3.27. The molecule has 3 aromatic rings. The fraction of sp³-hybridized carbons (Fsp3) is 0.133. The summed E-state index contributed by atoms with van der Waals surface area (Å²) < 4.78 is 1.65. The van der Waals surface area contributed by atoms with Gasteiger partial charge in [0.1, 0.15) is 0 Å². The van der Waals surface area contributed by atoms with E-state index in [1.807, 2.05) is 43.5 Å². The van der Waals surface area contributed by atoms with Gasteiger partial charge in [-0.25, -0.2) is 9.31 Å². The predicted octanol–water partition coefficient (Wildman–Crippen LogP) is 2.05. The van der Waals surface area contributed by atoms with Crippen LogP contribution in [0.25, 0.3) is 16.8 Å². The molecule has 0 saturated carbocycles. The summed E-state index contributed by atoms with van der Waals surface area (Å²) in [4.78, 5) is 14.9. The molecule has 0 radical (unpaired) electrons. The smallest absolute Gasteiger partial charge is 0.404 e. The topological polar surface area (TPSA) is 106 Å². The lowest BCUT2D eigenvalue weighted by molar-refractivity contribution is 0.194. The van der Waals surface area contributed by atoms with E-state index in [9.17, 15) is 4.79 Å². The monoisotopic (exact) mass is 297 g/mol. The van der Waals surface area contributed by atoms with Gasteiger partial charge in [0, 0.05) is 18.3 Å². The average Bonchev–Trinajstić information content (AvgIpc) is 2.84. The first-order chi connectivity index (χ1) is 10.5. The molecule has 1 aromatic carbocycles. The summed E-state index contributed by atoms with van der Waals surface area (Å²) in [5.74, 6) is 0.218. The lowest BCUT2D eigenvalue weighted by atomic mass is 10.0. The Labute approximate surface area is 126 Å². The van der Waals surface area contributed by atoms with Crippen molar-refractivity contribution in [3.05, 3.63) is 47.7 Å². The molecule has 2 heterocycles. The van der Waals surface area contributed by atoms with Gasteiger partial charge in [0.15, 0.2) is 5.65 Å². The van der Waals surface area contributed by atoms with Gasteiger partial charge in [0.2, 0.25) is 5.95 Å². The zero-order chi connectivity index (χ0) is 15.7. The van der Waals surface area contributed by atoms with Crippen molar-refractivity contribution in [3.63, 3.8) is 0 Å². The van der Waals surface area contributed by atoms with Crippen molar-refractivity contribution < 1.29 is 9.90 Å². The zero-order valence-corrected chi connectivity index (χ0v) is 11.9. The molecule has 0 aliphatic carbocycles. The highest BCUT2D eigenvalue weighted by atomic mass is 16.4. The van der Waals surface area contributed by atoms with E-state index in [4.69, 9.17) is 10.8 Å². The quantitative estimate of drug-likeness (QED) is 0.686. The van der Waals surface area contributed by atoms with Crippen molar-refractivity contribution in [3.8, 4) is 11.1 Å². The summed E-state index contributed by atoms with van der Waals surface area (Å²) in [5.41, 5.74) is 10.1. The molecule has 2 aromatic heterocycles. The van der Waals surface area contributed by atoms with Gasteiger partial charge < -0.3 is 16.2 Å². The molecule has 112 valence electrons. The highest BCUT2D eigenvalue weighted by molar-refractivity contribution is 5.78. The number of amides is 1. The highest BCUT2D eigenvalue weighted by Gasteiger charge is 2.10. The standard InChI is InChI=1S/C15H15N5O2/c1-9-5-12(13-18-14(16)19-20(13)8-9)11-4-2-3-10(6-11)7-17-15(21)22/h2-6,8,17H,7H2,1H3,(H2,16,19)(H,21,22). The maximum Gasteiger partial charge on any atom is 0.404 e. The molecule has 7 nitrogen and oxygen atoms in total. The number of fused-ring (bicyclic) bond motifs is 1. The molecule has 22 heavy (non-hydrogen) atoms. The van der Waals surface area contributed by atoms with E-state index >= 15 is 0 Å². The number of nitrogens with one attached hydrogen (secondary N) is 1. The van der Waals surface area contributed by atoms with Crippen LogP contribution in [0.5, 0.6) is 0 Å². The first-order valence-corrected chi connectivity index (χ1v) is 6.71. The molecule has 3 rings (SSSR count). The summed E-state index contributed by atoms with van der Waals surface area (Å²) in [5, 5.41) is 15.2. The number of hydrogen-bond acceptors (Lipinski definition) is 4. The van der Waals surface area contributed by atoms with E-state index in [0.29, 0.717) is 5.65 Å². The molecule has 4 N–H and O–H groups in total. The van der Waals surface area contributed by atoms with E-state index in [2.05, 4.69) is 15.4 Å². The van der Waals surface area contributed by atoms with Crippen molar-refractivity contribution in [1.29, 1.82) is 0 Å². The minimum absolute atomic E-state index is 0.218. The van der Waals surface area contributed by atoms with Crippen LogP contribution in [0.2, 0.25) is 0 Å². The fourth-order valence-electron chi connectivity index (χ4n) is 2.37. The highest BCUT2D eigenvalue weighted by Crippen LogP contribution is 2.26. The number of rotatable bonds is 3. The molecule has 0 saturated heterocycles. The second-order valence-corrected chi connectivity index (χ2v) is 5.03. The molecule has 1 amide bonds. The average molecular weight is 297 g/mol. The Morgan fingerprint density at radius 1 is 1.41 bits per heavy atom. The summed E-state index contributed by atoms with van der Waals surface area (Å²) in [7, 11) is 0. The SMILES string of the molecule is Cc1cc(-c2cccc(CNC(=O)O)c2)c2nc(N)nn2c1. The van der Waals surface area contributed by atoms with E-state index in [1.165, 1.54) is 0 Å². The Balaban J connectivity index is 2.07. The molecule has 0 fully saturated rings. The Hall–Kier alpha value is -3.09. The number of nitrogens with two attached hydrogens (primary N) is 1. The normalized spacial score (nSPS) is 10.8. The van der Waals surface area contributed by atoms with Gasteiger partial charge in [-0.3, -0.25) is 0 Å². The van der Waals surface area contributed by atoms with Crippen LogP contribution in [0.1, 0.15) is 11.1 Å². The van der Waals surface area contributed by atoms with E-state index in [0.717, 1.165) is 22.3 Å². The second kappa shape index (κ2) is 5.36. The summed E-state index contributed by atoms with van der Waals surface area (Å²) in [6.07, 6.45) is 0.812. The van der Waals surface area contributed by atoms with Crippen LogP contribution in [0.4, 0.5) is 10.7 Å². The number of aromatic nitrogens is 3. The Kier molecular flexibility index (Phi) is 3.38. The number of anilines is 1. The minimum Gasteiger partial charge on any atom is -0.465 e. The molecule has 0 spiro atoms. The van der Waals surface area contributed by atoms with Gasteiger partial charge in [0.05, 0.1) is 0 Å². The van der Waals surface area contributed by atoms with Crippen LogP contribution in [-0.4, -0.2) is 25.8 Å². The molecule has 0 unspecified atom stereocenters. The van der Waals surface area contributed by atoms with E-state index in [1.54, 1.807) is 4.52 Å². The van der Waals surface area contributed by atoms with Crippen molar-refractivity contribution in [2.24, 2.45) is 0 Å². The second-order valence-electron chi connectivity index (χ2n) is 5.03. The lowest BCUT2D eigenvalue weighted by Crippen LogP contribution is -2.19. The molecule has 0 aliphatic rings. The maximum atomic E-state index is 10.6. The Morgan fingerprint density at radius 3 is 3.00 bits per heavy atom. The largest absolute Gasteiger partial charge is 0.465 e. The van der Waals surface area contributed by atoms with E-state index in [-0.39, 0.29) is 12.5 Å². The zero-order valence-electron chi connectivity index (χ0n) is 11.9. The third-order valence-corrected chi connectivity index (χ3v) is 3.27. The van der Waals surface area contributed by atoms with Crippen molar-refractivity contribution in [2.75, 3.05) is 5.73 Å². The molecule has 0 atom stereocenters. The molecular weight excluding hydrogens is 282 g/mol. The van der Waals surface area contributed by atoms with Crippen LogP contribution in [0, 0.1) is 6.92 Å². The molecular formula is C15H15N5O2. The van der Waals surface area contributed by atoms with Gasteiger partial charge in [-0.2, -0.15) is 4.98 Å². The summed E-state index contributed by atoms with van der Waals surface area (Å²) >= 11 is 0. The number of carbonyl (C=O) groups is 1. The minimum atomic E-state index is -1.05. The number of nitrogens with zero attached hydrogens (tertiary/aromatic N) is 3. The fourth-order valence-corrected chi connectivity index (χ4v) is 2.37. The lowest BCUT2D eigenvalue weighted by Gasteiger charge is -2.08. The number of pyridine rings is 1. The molecule has 0 bridgehead atoms. The molecule has 7 heteroatoms. The number of nitrogen functional groups attached to an aromatic ring is 1. The van der Waals surface area contributed by atoms with Gasteiger partial charge in [0.25, 0.3) is 0 Å².